The summed E-state index contributed by atoms with van der Waals surface area (Å²) in [5.74, 6) is 0. The van der Waals surface area contributed by atoms with Crippen molar-refractivity contribution < 1.29 is 10.0 Å². The number of rotatable bonds is 3. The molecule has 0 amide bonds. The van der Waals surface area contributed by atoms with Crippen molar-refractivity contribution in [1.29, 1.82) is 0 Å². The number of hydrogen-bond acceptors (Lipinski definition) is 4. The SMILES string of the molecule is O=[N+]([O-])c1ccc(N2CCCCCC2CO)cc1. The first-order valence-electron chi connectivity index (χ1n) is 6.34. The Morgan fingerprint density at radius 1 is 1.28 bits per heavy atom. The second-order valence-electron chi connectivity index (χ2n) is 4.65. The molecule has 1 aromatic rings. The van der Waals surface area contributed by atoms with Crippen LogP contribution in [0.1, 0.15) is 25.7 Å². The van der Waals surface area contributed by atoms with Crippen molar-refractivity contribution in [2.75, 3.05) is 18.1 Å². The molecule has 0 saturated carbocycles. The Kier molecular flexibility index (Phi) is 4.15. The van der Waals surface area contributed by atoms with Crippen LogP contribution < -0.4 is 4.90 Å². The van der Waals surface area contributed by atoms with E-state index in [1.165, 1.54) is 18.6 Å². The van der Waals surface area contributed by atoms with Gasteiger partial charge in [0.25, 0.3) is 5.69 Å². The van der Waals surface area contributed by atoms with Crippen LogP contribution in [0.2, 0.25) is 0 Å². The molecule has 1 atom stereocenters. The molecule has 2 rings (SSSR count). The lowest BCUT2D eigenvalue weighted by molar-refractivity contribution is -0.384. The average molecular weight is 250 g/mol. The summed E-state index contributed by atoms with van der Waals surface area (Å²) in [5.41, 5.74) is 1.07. The van der Waals surface area contributed by atoms with Crippen molar-refractivity contribution in [3.63, 3.8) is 0 Å². The summed E-state index contributed by atoms with van der Waals surface area (Å²) in [6.07, 6.45) is 4.40. The smallest absolute Gasteiger partial charge is 0.269 e. The van der Waals surface area contributed by atoms with Gasteiger partial charge in [0, 0.05) is 24.4 Å². The maximum absolute atomic E-state index is 10.6. The molecule has 1 aliphatic heterocycles. The first-order valence-corrected chi connectivity index (χ1v) is 6.34. The molecule has 1 unspecified atom stereocenters. The van der Waals surface area contributed by atoms with E-state index in [0.29, 0.717) is 0 Å². The van der Waals surface area contributed by atoms with Crippen molar-refractivity contribution in [1.82, 2.24) is 0 Å². The largest absolute Gasteiger partial charge is 0.394 e. The van der Waals surface area contributed by atoms with E-state index in [1.807, 2.05) is 0 Å². The lowest BCUT2D eigenvalue weighted by Crippen LogP contribution is -2.37. The van der Waals surface area contributed by atoms with Gasteiger partial charge in [-0.15, -0.1) is 0 Å². The third-order valence-electron chi connectivity index (χ3n) is 3.48. The Morgan fingerprint density at radius 2 is 2.00 bits per heavy atom. The summed E-state index contributed by atoms with van der Waals surface area (Å²) in [6.45, 7) is 1.04. The number of nitro benzene ring substituents is 1. The Morgan fingerprint density at radius 3 is 2.61 bits per heavy atom. The first kappa shape index (κ1) is 12.8. The number of anilines is 1. The van der Waals surface area contributed by atoms with Gasteiger partial charge >= 0.3 is 0 Å². The number of nitro groups is 1. The highest BCUT2D eigenvalue weighted by atomic mass is 16.6. The average Bonchev–Trinajstić information content (AvgIpc) is 2.63. The molecule has 1 N–H and O–H groups in total. The first-order chi connectivity index (χ1) is 8.72. The Balaban J connectivity index is 2.19. The van der Waals surface area contributed by atoms with Crippen LogP contribution >= 0.6 is 0 Å². The fraction of sp³-hybridized carbons (Fsp3) is 0.538. The van der Waals surface area contributed by atoms with Gasteiger partial charge in [0.15, 0.2) is 0 Å². The molecule has 5 nitrogen and oxygen atoms in total. The molecular weight excluding hydrogens is 232 g/mol. The normalized spacial score (nSPS) is 20.5. The number of benzene rings is 1. The second-order valence-corrected chi connectivity index (χ2v) is 4.65. The molecule has 0 bridgehead atoms. The lowest BCUT2D eigenvalue weighted by Gasteiger charge is -2.30. The van der Waals surface area contributed by atoms with Crippen molar-refractivity contribution in [2.24, 2.45) is 0 Å². The highest BCUT2D eigenvalue weighted by molar-refractivity contribution is 5.51. The summed E-state index contributed by atoms with van der Waals surface area (Å²) in [5, 5.41) is 20.1. The molecule has 0 radical (unpaired) electrons. The van der Waals surface area contributed by atoms with Crippen LogP contribution in [0.3, 0.4) is 0 Å². The standard InChI is InChI=1S/C13H18N2O3/c16-10-13-4-2-1-3-9-14(13)11-5-7-12(8-6-11)15(17)18/h5-8,13,16H,1-4,9-10H2. The second kappa shape index (κ2) is 5.82. The van der Waals surface area contributed by atoms with Gasteiger partial charge in [0.1, 0.15) is 0 Å². The van der Waals surface area contributed by atoms with Crippen LogP contribution in [0.5, 0.6) is 0 Å². The van der Waals surface area contributed by atoms with Gasteiger partial charge in [-0.1, -0.05) is 12.8 Å². The molecule has 0 aliphatic carbocycles. The van der Waals surface area contributed by atoms with Crippen molar-refractivity contribution in [2.45, 2.75) is 31.7 Å². The van der Waals surface area contributed by atoms with E-state index in [-0.39, 0.29) is 18.3 Å². The number of aliphatic hydroxyl groups is 1. The van der Waals surface area contributed by atoms with Gasteiger partial charge in [-0.05, 0) is 25.0 Å². The molecule has 98 valence electrons. The predicted octanol–water partition coefficient (Wildman–Crippen LogP) is 2.34. The molecule has 1 aliphatic rings. The summed E-state index contributed by atoms with van der Waals surface area (Å²) in [6, 6.07) is 6.72. The summed E-state index contributed by atoms with van der Waals surface area (Å²) in [7, 11) is 0. The number of aliphatic hydroxyl groups excluding tert-OH is 1. The Labute approximate surface area is 106 Å². The van der Waals surface area contributed by atoms with E-state index in [4.69, 9.17) is 0 Å². The van der Waals surface area contributed by atoms with Gasteiger partial charge in [-0.25, -0.2) is 0 Å². The number of hydrogen-bond donors (Lipinski definition) is 1. The van der Waals surface area contributed by atoms with E-state index in [0.717, 1.165) is 31.5 Å². The molecule has 0 spiro atoms. The van der Waals surface area contributed by atoms with E-state index in [2.05, 4.69) is 4.90 Å². The van der Waals surface area contributed by atoms with E-state index >= 15 is 0 Å². The van der Waals surface area contributed by atoms with Gasteiger partial charge < -0.3 is 10.0 Å². The third kappa shape index (κ3) is 2.79. The van der Waals surface area contributed by atoms with Crippen molar-refractivity contribution in [3.8, 4) is 0 Å². The fourth-order valence-corrected chi connectivity index (χ4v) is 2.47. The molecule has 0 aromatic heterocycles. The van der Waals surface area contributed by atoms with E-state index in [1.54, 1.807) is 12.1 Å². The minimum atomic E-state index is -0.393. The van der Waals surface area contributed by atoms with E-state index < -0.39 is 4.92 Å². The van der Waals surface area contributed by atoms with Crippen LogP contribution in [0.4, 0.5) is 11.4 Å². The van der Waals surface area contributed by atoms with Crippen LogP contribution in [0.15, 0.2) is 24.3 Å². The van der Waals surface area contributed by atoms with Crippen LogP contribution in [0.25, 0.3) is 0 Å². The Hall–Kier alpha value is -1.62. The van der Waals surface area contributed by atoms with E-state index in [9.17, 15) is 15.2 Å². The quantitative estimate of drug-likeness (QED) is 0.660. The minimum Gasteiger partial charge on any atom is -0.394 e. The summed E-state index contributed by atoms with van der Waals surface area (Å²) < 4.78 is 0. The summed E-state index contributed by atoms with van der Waals surface area (Å²) >= 11 is 0. The molecule has 1 saturated heterocycles. The molecule has 5 heteroatoms. The Bertz CT molecular complexity index is 405. The van der Waals surface area contributed by atoms with Gasteiger partial charge in [-0.3, -0.25) is 10.1 Å². The van der Waals surface area contributed by atoms with Gasteiger partial charge in [-0.2, -0.15) is 0 Å². The summed E-state index contributed by atoms with van der Waals surface area (Å²) in [4.78, 5) is 12.4. The zero-order valence-electron chi connectivity index (χ0n) is 10.3. The highest BCUT2D eigenvalue weighted by Crippen LogP contribution is 2.25. The predicted molar refractivity (Wildman–Crippen MR) is 69.8 cm³/mol. The third-order valence-corrected chi connectivity index (χ3v) is 3.48. The van der Waals surface area contributed by atoms with Crippen LogP contribution in [-0.2, 0) is 0 Å². The molecule has 1 heterocycles. The van der Waals surface area contributed by atoms with Crippen LogP contribution in [0, 0.1) is 10.1 Å². The number of non-ortho nitro benzene ring substituents is 1. The zero-order valence-corrected chi connectivity index (χ0v) is 10.3. The topological polar surface area (TPSA) is 66.6 Å². The van der Waals surface area contributed by atoms with Gasteiger partial charge in [0.05, 0.1) is 17.6 Å². The maximum atomic E-state index is 10.6. The monoisotopic (exact) mass is 250 g/mol. The number of nitrogens with zero attached hydrogens (tertiary/aromatic N) is 2. The van der Waals surface area contributed by atoms with Gasteiger partial charge in [0.2, 0.25) is 0 Å². The minimum absolute atomic E-state index is 0.106. The maximum Gasteiger partial charge on any atom is 0.269 e. The fourth-order valence-electron chi connectivity index (χ4n) is 2.47. The van der Waals surface area contributed by atoms with Crippen molar-refractivity contribution in [3.05, 3.63) is 34.4 Å². The zero-order chi connectivity index (χ0) is 13.0. The highest BCUT2D eigenvalue weighted by Gasteiger charge is 2.20. The van der Waals surface area contributed by atoms with Crippen molar-refractivity contribution >= 4 is 11.4 Å². The van der Waals surface area contributed by atoms with Crippen LogP contribution in [-0.4, -0.2) is 29.2 Å². The molecule has 18 heavy (non-hydrogen) atoms. The molecule has 1 aromatic carbocycles. The lowest BCUT2D eigenvalue weighted by atomic mass is 10.1. The molecular formula is C13H18N2O3. The molecule has 1 fully saturated rings.